The standard InChI is InChI=1S/C26H27F4N7O3/c1-24(2,14-38)34-13-18(10-31)35-23-32-11-17(12-33-23)15-3-4-16(19(27)7-15)8-22(39)36-21-9-20(40-37-21)25(5-6-25)26(28,29)30/h3-4,7,9-13,38H,5-6,8,14,31H2,1-2H3,(H,32,33,35)(H,36,37,39). The number of hydrogen-bond donors (Lipinski definition) is 4. The van der Waals surface area contributed by atoms with E-state index in [2.05, 4.69) is 30.8 Å². The zero-order valence-corrected chi connectivity index (χ0v) is 21.6. The van der Waals surface area contributed by atoms with Gasteiger partial charge in [-0.25, -0.2) is 14.4 Å². The number of carbonyl (C=O) groups excluding carboxylic acids is 1. The first-order valence-corrected chi connectivity index (χ1v) is 12.2. The quantitative estimate of drug-likeness (QED) is 0.213. The SMILES string of the molecule is CC(C)(CO)N=CC(=CN)Nc1ncc(-c2ccc(CC(=O)Nc3cc(C4(C(F)(F)F)CC4)on3)c(F)c2)cn1. The molecule has 5 N–H and O–H groups in total. The highest BCUT2D eigenvalue weighted by molar-refractivity contribution is 5.91. The molecule has 212 valence electrons. The van der Waals surface area contributed by atoms with Crippen molar-refractivity contribution in [3.63, 3.8) is 0 Å². The second kappa shape index (κ2) is 11.0. The van der Waals surface area contributed by atoms with Gasteiger partial charge in [-0.05, 0) is 43.9 Å². The molecular weight excluding hydrogens is 534 g/mol. The van der Waals surface area contributed by atoms with Crippen LogP contribution in [0.15, 0.2) is 58.1 Å². The summed E-state index contributed by atoms with van der Waals surface area (Å²) in [7, 11) is 0. The van der Waals surface area contributed by atoms with Gasteiger partial charge in [0.1, 0.15) is 11.2 Å². The topological polar surface area (TPSA) is 152 Å². The number of aliphatic hydroxyl groups is 1. The largest absolute Gasteiger partial charge is 0.403 e. The minimum atomic E-state index is -4.47. The summed E-state index contributed by atoms with van der Waals surface area (Å²) in [6.45, 7) is 3.34. The Balaban J connectivity index is 1.37. The van der Waals surface area contributed by atoms with Crippen LogP contribution in [0.3, 0.4) is 0 Å². The van der Waals surface area contributed by atoms with Gasteiger partial charge < -0.3 is 26.0 Å². The maximum absolute atomic E-state index is 14.8. The van der Waals surface area contributed by atoms with Crippen LogP contribution in [0.4, 0.5) is 29.3 Å². The number of amides is 1. The number of aliphatic hydroxyl groups excluding tert-OH is 1. The summed E-state index contributed by atoms with van der Waals surface area (Å²) < 4.78 is 59.4. The fourth-order valence-corrected chi connectivity index (χ4v) is 3.66. The molecule has 1 aliphatic carbocycles. The van der Waals surface area contributed by atoms with Gasteiger partial charge in [0.25, 0.3) is 0 Å². The third kappa shape index (κ3) is 6.45. The number of aliphatic imine (C=N–C) groups is 1. The minimum absolute atomic E-state index is 0.0703. The smallest absolute Gasteiger partial charge is 0.401 e. The summed E-state index contributed by atoms with van der Waals surface area (Å²) in [5.74, 6) is -1.66. The maximum atomic E-state index is 14.8. The number of allylic oxidation sites excluding steroid dienone is 1. The number of halogens is 4. The molecule has 2 heterocycles. The molecule has 1 fully saturated rings. The van der Waals surface area contributed by atoms with Gasteiger partial charge in [0.2, 0.25) is 11.9 Å². The van der Waals surface area contributed by atoms with Gasteiger partial charge in [0.05, 0.1) is 24.3 Å². The van der Waals surface area contributed by atoms with E-state index in [1.165, 1.54) is 36.9 Å². The number of alkyl halides is 3. The summed E-state index contributed by atoms with van der Waals surface area (Å²) in [5, 5.41) is 18.0. The van der Waals surface area contributed by atoms with Gasteiger partial charge in [-0.2, -0.15) is 13.2 Å². The van der Waals surface area contributed by atoms with Crippen LogP contribution >= 0.6 is 0 Å². The highest BCUT2D eigenvalue weighted by Crippen LogP contribution is 2.59. The lowest BCUT2D eigenvalue weighted by Gasteiger charge is -2.15. The molecule has 10 nitrogen and oxygen atoms in total. The molecule has 0 spiro atoms. The number of nitrogens with zero attached hydrogens (tertiary/aromatic N) is 4. The number of anilines is 2. The van der Waals surface area contributed by atoms with Gasteiger partial charge in [0, 0.05) is 36.4 Å². The number of nitrogens with one attached hydrogen (secondary N) is 2. The van der Waals surface area contributed by atoms with Crippen LogP contribution in [0, 0.1) is 5.82 Å². The van der Waals surface area contributed by atoms with Gasteiger partial charge in [-0.1, -0.05) is 17.3 Å². The lowest BCUT2D eigenvalue weighted by atomic mass is 10.0. The zero-order valence-electron chi connectivity index (χ0n) is 21.6. The van der Waals surface area contributed by atoms with Gasteiger partial charge >= 0.3 is 6.18 Å². The van der Waals surface area contributed by atoms with E-state index in [4.69, 9.17) is 10.3 Å². The molecule has 1 saturated carbocycles. The van der Waals surface area contributed by atoms with Crippen molar-refractivity contribution in [3.8, 4) is 11.1 Å². The van der Waals surface area contributed by atoms with Crippen LogP contribution in [-0.2, 0) is 16.6 Å². The van der Waals surface area contributed by atoms with Crippen molar-refractivity contribution >= 4 is 23.9 Å². The van der Waals surface area contributed by atoms with Crippen molar-refractivity contribution in [2.45, 2.75) is 50.2 Å². The number of carbonyl (C=O) groups is 1. The van der Waals surface area contributed by atoms with Crippen LogP contribution in [0.1, 0.15) is 38.0 Å². The van der Waals surface area contributed by atoms with Crippen molar-refractivity contribution in [1.82, 2.24) is 15.1 Å². The van der Waals surface area contributed by atoms with Crippen molar-refractivity contribution in [3.05, 3.63) is 65.7 Å². The molecule has 0 saturated heterocycles. The Morgan fingerprint density at radius 1 is 1.18 bits per heavy atom. The fraction of sp³-hybridized carbons (Fsp3) is 0.346. The minimum Gasteiger partial charge on any atom is -0.403 e. The average Bonchev–Trinajstić information content (AvgIpc) is 3.62. The number of hydrogen-bond acceptors (Lipinski definition) is 9. The summed E-state index contributed by atoms with van der Waals surface area (Å²) in [4.78, 5) is 25.0. The molecule has 14 heteroatoms. The molecule has 1 aromatic carbocycles. The number of rotatable bonds is 10. The molecule has 3 aromatic rings. The first-order chi connectivity index (χ1) is 18.9. The van der Waals surface area contributed by atoms with Crippen molar-refractivity contribution in [2.75, 3.05) is 17.2 Å². The van der Waals surface area contributed by atoms with Crippen LogP contribution in [0.5, 0.6) is 0 Å². The first-order valence-electron chi connectivity index (χ1n) is 12.2. The third-order valence-corrected chi connectivity index (χ3v) is 6.31. The molecule has 2 aromatic heterocycles. The number of benzene rings is 1. The van der Waals surface area contributed by atoms with E-state index in [9.17, 15) is 27.5 Å². The molecule has 0 aliphatic heterocycles. The van der Waals surface area contributed by atoms with Gasteiger partial charge in [0.15, 0.2) is 11.6 Å². The number of nitrogens with two attached hydrogens (primary N) is 1. The Hall–Kier alpha value is -4.33. The van der Waals surface area contributed by atoms with Crippen LogP contribution in [-0.4, -0.2) is 50.7 Å². The van der Waals surface area contributed by atoms with E-state index in [1.54, 1.807) is 19.9 Å². The molecule has 40 heavy (non-hydrogen) atoms. The van der Waals surface area contributed by atoms with Crippen molar-refractivity contribution in [1.29, 1.82) is 0 Å². The van der Waals surface area contributed by atoms with Crippen molar-refractivity contribution < 1.29 is 32.0 Å². The Bertz CT molecular complexity index is 1430. The fourth-order valence-electron chi connectivity index (χ4n) is 3.66. The lowest BCUT2D eigenvalue weighted by molar-refractivity contribution is -0.165. The molecule has 0 unspecified atom stereocenters. The Kier molecular flexibility index (Phi) is 7.91. The lowest BCUT2D eigenvalue weighted by Crippen LogP contribution is -2.28. The average molecular weight is 562 g/mol. The molecular formula is C26H27F4N7O3. The van der Waals surface area contributed by atoms with E-state index in [-0.39, 0.29) is 49.0 Å². The Morgan fingerprint density at radius 2 is 1.88 bits per heavy atom. The summed E-state index contributed by atoms with van der Waals surface area (Å²) in [6.07, 6.45) is 0.595. The number of aromatic nitrogens is 3. The highest BCUT2D eigenvalue weighted by atomic mass is 19.4. The third-order valence-electron chi connectivity index (χ3n) is 6.31. The summed E-state index contributed by atoms with van der Waals surface area (Å²) in [5.41, 5.74) is 4.29. The molecule has 0 atom stereocenters. The Morgan fingerprint density at radius 3 is 2.45 bits per heavy atom. The van der Waals surface area contributed by atoms with Crippen molar-refractivity contribution in [2.24, 2.45) is 10.7 Å². The summed E-state index contributed by atoms with van der Waals surface area (Å²) in [6, 6.07) is 5.27. The van der Waals surface area contributed by atoms with Crippen LogP contribution in [0.25, 0.3) is 11.1 Å². The van der Waals surface area contributed by atoms with Gasteiger partial charge in [-0.15, -0.1) is 0 Å². The Labute approximate surface area is 226 Å². The van der Waals surface area contributed by atoms with Crippen LogP contribution in [0.2, 0.25) is 0 Å². The van der Waals surface area contributed by atoms with E-state index in [0.717, 1.165) is 6.07 Å². The van der Waals surface area contributed by atoms with Gasteiger partial charge in [-0.3, -0.25) is 9.79 Å². The molecule has 0 radical (unpaired) electrons. The monoisotopic (exact) mass is 561 g/mol. The zero-order chi connectivity index (χ0) is 29.1. The first kappa shape index (κ1) is 28.7. The molecule has 1 amide bonds. The predicted octanol–water partition coefficient (Wildman–Crippen LogP) is 4.10. The summed E-state index contributed by atoms with van der Waals surface area (Å²) >= 11 is 0. The second-order valence-corrected chi connectivity index (χ2v) is 9.96. The highest BCUT2D eigenvalue weighted by Gasteiger charge is 2.66. The molecule has 0 bridgehead atoms. The van der Waals surface area contributed by atoms with Crippen LogP contribution < -0.4 is 16.4 Å². The van der Waals surface area contributed by atoms with E-state index in [1.807, 2.05) is 0 Å². The normalized spacial score (nSPS) is 15.3. The predicted molar refractivity (Wildman–Crippen MR) is 139 cm³/mol. The second-order valence-electron chi connectivity index (χ2n) is 9.96. The van der Waals surface area contributed by atoms with E-state index >= 15 is 0 Å². The van der Waals surface area contributed by atoms with E-state index in [0.29, 0.717) is 16.8 Å². The molecule has 1 aliphatic rings. The maximum Gasteiger partial charge on any atom is 0.401 e. The molecule has 4 rings (SSSR count). The van der Waals surface area contributed by atoms with E-state index < -0.39 is 28.9 Å².